The Morgan fingerprint density at radius 3 is 2.48 bits per heavy atom. The van der Waals surface area contributed by atoms with Crippen molar-refractivity contribution in [3.05, 3.63) is 18.2 Å². The van der Waals surface area contributed by atoms with Crippen molar-refractivity contribution >= 4 is 38.7 Å². The highest BCUT2D eigenvalue weighted by molar-refractivity contribution is 8.00. The molecule has 25 heavy (non-hydrogen) atoms. The third-order valence-corrected chi connectivity index (χ3v) is 7.18. The Morgan fingerprint density at radius 1 is 1.32 bits per heavy atom. The molecule has 7 nitrogen and oxygen atoms in total. The summed E-state index contributed by atoms with van der Waals surface area (Å²) < 4.78 is 28.7. The average Bonchev–Trinajstić information content (AvgIpc) is 2.91. The lowest BCUT2D eigenvalue weighted by atomic mass is 10.3. The predicted octanol–water partition coefficient (Wildman–Crippen LogP) is 2.05. The molecular weight excluding hydrogens is 360 g/mol. The number of primary amides is 1. The Kier molecular flexibility index (Phi) is 6.12. The molecule has 2 rings (SSSR count). The molecule has 0 bridgehead atoms. The number of benzene rings is 1. The molecule has 0 aliphatic rings. The van der Waals surface area contributed by atoms with E-state index in [4.69, 9.17) is 5.73 Å². The molecule has 0 aliphatic carbocycles. The van der Waals surface area contributed by atoms with Crippen molar-refractivity contribution in [1.29, 1.82) is 0 Å². The van der Waals surface area contributed by atoms with E-state index in [1.54, 1.807) is 25.1 Å². The number of carbonyl (C=O) groups is 1. The van der Waals surface area contributed by atoms with Crippen LogP contribution in [0.25, 0.3) is 11.0 Å². The molecule has 0 saturated carbocycles. The topological polar surface area (TPSA) is 98.3 Å². The van der Waals surface area contributed by atoms with Crippen LogP contribution >= 0.6 is 11.8 Å². The molecule has 1 aromatic carbocycles. The highest BCUT2D eigenvalue weighted by Gasteiger charge is 2.23. The van der Waals surface area contributed by atoms with Crippen LogP contribution in [0.2, 0.25) is 0 Å². The summed E-state index contributed by atoms with van der Waals surface area (Å²) in [6, 6.07) is 4.96. The Balaban J connectivity index is 2.52. The Labute approximate surface area is 152 Å². The Bertz CT molecular complexity index is 873. The van der Waals surface area contributed by atoms with Gasteiger partial charge in [0.25, 0.3) is 0 Å². The number of aromatic nitrogens is 2. The van der Waals surface area contributed by atoms with Gasteiger partial charge in [0, 0.05) is 19.6 Å². The van der Waals surface area contributed by atoms with E-state index in [0.717, 1.165) is 5.52 Å². The van der Waals surface area contributed by atoms with Crippen molar-refractivity contribution in [2.45, 2.75) is 49.5 Å². The number of hydrogen-bond acceptors (Lipinski definition) is 5. The zero-order chi connectivity index (χ0) is 18.8. The third kappa shape index (κ3) is 3.83. The van der Waals surface area contributed by atoms with Gasteiger partial charge in [-0.1, -0.05) is 25.6 Å². The summed E-state index contributed by atoms with van der Waals surface area (Å²) in [4.78, 5) is 16.1. The summed E-state index contributed by atoms with van der Waals surface area (Å²) in [6.07, 6.45) is 0. The second-order valence-corrected chi connectivity index (χ2v) is 8.79. The molecule has 0 aliphatic heterocycles. The van der Waals surface area contributed by atoms with Gasteiger partial charge in [0.15, 0.2) is 5.16 Å². The van der Waals surface area contributed by atoms with Crippen LogP contribution in [-0.2, 0) is 21.4 Å². The van der Waals surface area contributed by atoms with Gasteiger partial charge in [-0.3, -0.25) is 4.79 Å². The van der Waals surface area contributed by atoms with Gasteiger partial charge in [-0.15, -0.1) is 0 Å². The Hall–Kier alpha value is -1.58. The first-order valence-electron chi connectivity index (χ1n) is 8.22. The Morgan fingerprint density at radius 2 is 1.96 bits per heavy atom. The molecule has 0 fully saturated rings. The van der Waals surface area contributed by atoms with E-state index in [1.807, 2.05) is 25.3 Å². The number of sulfonamides is 1. The summed E-state index contributed by atoms with van der Waals surface area (Å²) in [7, 11) is -3.54. The molecule has 9 heteroatoms. The normalized spacial score (nSPS) is 13.5. The molecule has 2 N–H and O–H groups in total. The van der Waals surface area contributed by atoms with Crippen molar-refractivity contribution in [3.8, 4) is 0 Å². The van der Waals surface area contributed by atoms with Crippen molar-refractivity contribution in [3.63, 3.8) is 0 Å². The van der Waals surface area contributed by atoms with Gasteiger partial charge in [0.05, 0.1) is 21.2 Å². The van der Waals surface area contributed by atoms with Crippen molar-refractivity contribution in [2.75, 3.05) is 13.1 Å². The molecule has 1 aromatic heterocycles. The lowest BCUT2D eigenvalue weighted by molar-refractivity contribution is -0.117. The highest BCUT2D eigenvalue weighted by Crippen LogP contribution is 2.29. The first kappa shape index (κ1) is 19.7. The van der Waals surface area contributed by atoms with Crippen molar-refractivity contribution in [1.82, 2.24) is 13.9 Å². The quantitative estimate of drug-likeness (QED) is 0.703. The van der Waals surface area contributed by atoms with E-state index in [9.17, 15) is 13.2 Å². The van der Waals surface area contributed by atoms with Gasteiger partial charge in [-0.25, -0.2) is 13.4 Å². The minimum atomic E-state index is -3.54. The number of rotatable bonds is 8. The molecule has 0 radical (unpaired) electrons. The lowest BCUT2D eigenvalue weighted by Crippen LogP contribution is -2.30. The maximum absolute atomic E-state index is 12.7. The molecule has 0 saturated heterocycles. The van der Waals surface area contributed by atoms with Gasteiger partial charge < -0.3 is 10.3 Å². The largest absolute Gasteiger partial charge is 0.369 e. The fourth-order valence-electron chi connectivity index (χ4n) is 2.57. The fourth-order valence-corrected chi connectivity index (χ4v) is 4.99. The molecule has 2 aromatic rings. The van der Waals surface area contributed by atoms with Crippen LogP contribution in [0.3, 0.4) is 0 Å². The lowest BCUT2D eigenvalue weighted by Gasteiger charge is -2.18. The van der Waals surface area contributed by atoms with E-state index < -0.39 is 21.2 Å². The zero-order valence-electron chi connectivity index (χ0n) is 14.9. The number of amides is 1. The maximum Gasteiger partial charge on any atom is 0.243 e. The molecular formula is C16H24N4O3S2. The number of hydrogen-bond donors (Lipinski definition) is 1. The van der Waals surface area contributed by atoms with Gasteiger partial charge in [-0.05, 0) is 32.0 Å². The highest BCUT2D eigenvalue weighted by atomic mass is 32.2. The van der Waals surface area contributed by atoms with Crippen molar-refractivity contribution < 1.29 is 13.2 Å². The maximum atomic E-state index is 12.7. The summed E-state index contributed by atoms with van der Waals surface area (Å²) in [6.45, 7) is 8.81. The first-order valence-corrected chi connectivity index (χ1v) is 10.5. The van der Waals surface area contributed by atoms with Crippen molar-refractivity contribution in [2.24, 2.45) is 5.73 Å². The van der Waals surface area contributed by atoms with Crippen LogP contribution in [-0.4, -0.2) is 46.5 Å². The molecule has 1 atom stereocenters. The summed E-state index contributed by atoms with van der Waals surface area (Å²) >= 11 is 1.27. The number of imidazole rings is 1. The zero-order valence-corrected chi connectivity index (χ0v) is 16.5. The number of carbonyl (C=O) groups excluding carboxylic acids is 1. The van der Waals surface area contributed by atoms with Crippen LogP contribution < -0.4 is 5.73 Å². The number of fused-ring (bicyclic) bond motifs is 1. The predicted molar refractivity (Wildman–Crippen MR) is 100 cm³/mol. The van der Waals surface area contributed by atoms with Gasteiger partial charge >= 0.3 is 0 Å². The van der Waals surface area contributed by atoms with E-state index in [-0.39, 0.29) is 4.90 Å². The van der Waals surface area contributed by atoms with Gasteiger partial charge in [0.2, 0.25) is 15.9 Å². The fraction of sp³-hybridized carbons (Fsp3) is 0.500. The third-order valence-electron chi connectivity index (χ3n) is 4.03. The van der Waals surface area contributed by atoms with Crippen LogP contribution in [0.15, 0.2) is 28.3 Å². The van der Waals surface area contributed by atoms with Crippen LogP contribution in [0.5, 0.6) is 0 Å². The van der Waals surface area contributed by atoms with E-state index in [2.05, 4.69) is 4.98 Å². The number of thioether (sulfide) groups is 1. The van der Waals surface area contributed by atoms with Gasteiger partial charge in [0.1, 0.15) is 0 Å². The molecule has 138 valence electrons. The van der Waals surface area contributed by atoms with Gasteiger partial charge in [-0.2, -0.15) is 4.31 Å². The van der Waals surface area contributed by atoms with E-state index in [1.165, 1.54) is 16.1 Å². The monoisotopic (exact) mass is 384 g/mol. The minimum absolute atomic E-state index is 0.226. The first-order chi connectivity index (χ1) is 11.8. The van der Waals surface area contributed by atoms with E-state index in [0.29, 0.717) is 30.3 Å². The molecule has 0 unspecified atom stereocenters. The second-order valence-electron chi connectivity index (χ2n) is 5.54. The standard InChI is InChI=1S/C16H24N4O3S2/c1-5-19(6-2)25(22,23)12-8-9-14-13(10-12)18-16(20(14)7-3)24-11(4)15(17)21/h8-11H,5-7H2,1-4H3,(H2,17,21)/t11-/m0/s1. The van der Waals surface area contributed by atoms with E-state index >= 15 is 0 Å². The number of aryl methyl sites for hydroxylation is 1. The second kappa shape index (κ2) is 7.76. The molecule has 1 amide bonds. The van der Waals surface area contributed by atoms with Crippen LogP contribution in [0, 0.1) is 0 Å². The summed E-state index contributed by atoms with van der Waals surface area (Å²) in [5, 5.41) is 0.238. The van der Waals surface area contributed by atoms with Crippen LogP contribution in [0.1, 0.15) is 27.7 Å². The summed E-state index contributed by atoms with van der Waals surface area (Å²) in [5.41, 5.74) is 6.76. The minimum Gasteiger partial charge on any atom is -0.369 e. The summed E-state index contributed by atoms with van der Waals surface area (Å²) in [5.74, 6) is -0.412. The van der Waals surface area contributed by atoms with Crippen LogP contribution in [0.4, 0.5) is 0 Å². The number of nitrogens with two attached hydrogens (primary N) is 1. The number of nitrogens with zero attached hydrogens (tertiary/aromatic N) is 3. The average molecular weight is 385 g/mol. The smallest absolute Gasteiger partial charge is 0.243 e. The molecule has 1 heterocycles. The SMILES string of the molecule is CCN(CC)S(=O)(=O)c1ccc2c(c1)nc(S[C@@H](C)C(N)=O)n2CC. The molecule has 0 spiro atoms.